The van der Waals surface area contributed by atoms with E-state index in [9.17, 15) is 23.1 Å². The number of hydrogen-bond acceptors (Lipinski definition) is 8. The molecule has 0 spiro atoms. The lowest BCUT2D eigenvalue weighted by molar-refractivity contribution is -0.138. The SMILES string of the molecule is Nc1cccc(CCCC2CC(C(=O)NCC(NS(=O)(=O)c3ccccc3)C(=O)O)=NO2)n1. The molecule has 0 saturated carbocycles. The molecule has 176 valence electrons. The summed E-state index contributed by atoms with van der Waals surface area (Å²) in [4.78, 5) is 33.3. The fourth-order valence-corrected chi connectivity index (χ4v) is 4.41. The summed E-state index contributed by atoms with van der Waals surface area (Å²) in [5.41, 5.74) is 6.65. The van der Waals surface area contributed by atoms with E-state index in [1.54, 1.807) is 12.1 Å². The smallest absolute Gasteiger partial charge is 0.323 e. The van der Waals surface area contributed by atoms with Crippen LogP contribution in [-0.2, 0) is 30.9 Å². The number of nitrogens with two attached hydrogens (primary N) is 1. The number of nitrogens with zero attached hydrogens (tertiary/aromatic N) is 2. The Morgan fingerprint density at radius 1 is 1.18 bits per heavy atom. The van der Waals surface area contributed by atoms with Crippen molar-refractivity contribution in [1.82, 2.24) is 15.0 Å². The van der Waals surface area contributed by atoms with Crippen molar-refractivity contribution < 1.29 is 28.0 Å². The zero-order chi connectivity index (χ0) is 23.8. The number of sulfonamides is 1. The topological polar surface area (TPSA) is 173 Å². The maximum absolute atomic E-state index is 12.4. The van der Waals surface area contributed by atoms with Gasteiger partial charge in [-0.15, -0.1) is 0 Å². The predicted octanol–water partition coefficient (Wildman–Crippen LogP) is 0.679. The molecule has 12 heteroatoms. The second-order valence-electron chi connectivity index (χ2n) is 7.45. The fraction of sp³-hybridized carbons (Fsp3) is 0.333. The van der Waals surface area contributed by atoms with Crippen LogP contribution in [0.5, 0.6) is 0 Å². The normalized spacial score (nSPS) is 16.5. The minimum absolute atomic E-state index is 0.0765. The third-order valence-corrected chi connectivity index (χ3v) is 6.39. The highest BCUT2D eigenvalue weighted by molar-refractivity contribution is 7.89. The Kier molecular flexibility index (Phi) is 7.96. The molecule has 5 N–H and O–H groups in total. The number of benzene rings is 1. The lowest BCUT2D eigenvalue weighted by atomic mass is 10.1. The fourth-order valence-electron chi connectivity index (χ4n) is 3.20. The maximum Gasteiger partial charge on any atom is 0.323 e. The van der Waals surface area contributed by atoms with Gasteiger partial charge in [0.2, 0.25) is 10.0 Å². The van der Waals surface area contributed by atoms with Gasteiger partial charge in [-0.25, -0.2) is 13.4 Å². The molecule has 0 aliphatic carbocycles. The average molecular weight is 476 g/mol. The molecule has 33 heavy (non-hydrogen) atoms. The molecule has 0 radical (unpaired) electrons. The lowest BCUT2D eigenvalue weighted by Crippen LogP contribution is -2.49. The van der Waals surface area contributed by atoms with Crippen LogP contribution in [0.4, 0.5) is 5.82 Å². The van der Waals surface area contributed by atoms with Gasteiger partial charge in [0.05, 0.1) is 4.90 Å². The molecular formula is C21H25N5O6S. The van der Waals surface area contributed by atoms with Crippen LogP contribution >= 0.6 is 0 Å². The van der Waals surface area contributed by atoms with Gasteiger partial charge in [-0.3, -0.25) is 9.59 Å². The number of pyridine rings is 1. The van der Waals surface area contributed by atoms with E-state index >= 15 is 0 Å². The first kappa shape index (κ1) is 24.1. The Morgan fingerprint density at radius 2 is 1.94 bits per heavy atom. The third kappa shape index (κ3) is 6.99. The highest BCUT2D eigenvalue weighted by Gasteiger charge is 2.29. The first-order valence-electron chi connectivity index (χ1n) is 10.3. The summed E-state index contributed by atoms with van der Waals surface area (Å²) in [6, 6.07) is 11.2. The highest BCUT2D eigenvalue weighted by Crippen LogP contribution is 2.17. The van der Waals surface area contributed by atoms with Gasteiger partial charge in [0, 0.05) is 18.7 Å². The summed E-state index contributed by atoms with van der Waals surface area (Å²) in [6.45, 7) is -0.453. The van der Waals surface area contributed by atoms with E-state index in [1.165, 1.54) is 24.3 Å². The number of rotatable bonds is 11. The second-order valence-corrected chi connectivity index (χ2v) is 9.16. The number of carboxylic acids is 1. The quantitative estimate of drug-likeness (QED) is 0.367. The average Bonchev–Trinajstić information content (AvgIpc) is 3.26. The molecule has 0 saturated heterocycles. The van der Waals surface area contributed by atoms with Gasteiger partial charge in [-0.2, -0.15) is 4.72 Å². The Morgan fingerprint density at radius 3 is 2.64 bits per heavy atom. The van der Waals surface area contributed by atoms with E-state index in [0.717, 1.165) is 12.1 Å². The second kappa shape index (κ2) is 10.9. The number of amides is 1. The molecule has 0 fully saturated rings. The van der Waals surface area contributed by atoms with E-state index in [2.05, 4.69) is 20.2 Å². The Balaban J connectivity index is 1.45. The molecule has 2 unspecified atom stereocenters. The number of carboxylic acid groups (broad SMARTS) is 1. The predicted molar refractivity (Wildman–Crippen MR) is 120 cm³/mol. The number of carbonyl (C=O) groups excluding carboxylic acids is 1. The van der Waals surface area contributed by atoms with Crippen molar-refractivity contribution in [3.63, 3.8) is 0 Å². The van der Waals surface area contributed by atoms with Crippen molar-refractivity contribution in [2.24, 2.45) is 5.16 Å². The van der Waals surface area contributed by atoms with Gasteiger partial charge in [0.1, 0.15) is 23.7 Å². The van der Waals surface area contributed by atoms with Crippen LogP contribution in [0.3, 0.4) is 0 Å². The summed E-state index contributed by atoms with van der Waals surface area (Å²) < 4.78 is 26.8. The number of aryl methyl sites for hydroxylation is 1. The number of anilines is 1. The zero-order valence-corrected chi connectivity index (χ0v) is 18.5. The zero-order valence-electron chi connectivity index (χ0n) is 17.7. The lowest BCUT2D eigenvalue weighted by Gasteiger charge is -2.15. The molecule has 2 aromatic rings. The number of carbonyl (C=O) groups is 2. The molecule has 2 heterocycles. The highest BCUT2D eigenvalue weighted by atomic mass is 32.2. The van der Waals surface area contributed by atoms with Crippen LogP contribution in [0.2, 0.25) is 0 Å². The molecule has 1 amide bonds. The maximum atomic E-state index is 12.4. The Labute approximate surface area is 191 Å². The van der Waals surface area contributed by atoms with Gasteiger partial charge in [-0.05, 0) is 43.5 Å². The summed E-state index contributed by atoms with van der Waals surface area (Å²) in [7, 11) is -4.07. The van der Waals surface area contributed by atoms with E-state index in [0.29, 0.717) is 18.7 Å². The van der Waals surface area contributed by atoms with Crippen LogP contribution in [0.1, 0.15) is 25.0 Å². The van der Waals surface area contributed by atoms with Crippen LogP contribution < -0.4 is 15.8 Å². The van der Waals surface area contributed by atoms with Crippen molar-refractivity contribution in [1.29, 1.82) is 0 Å². The Hall–Kier alpha value is -3.51. The van der Waals surface area contributed by atoms with Gasteiger partial charge in [0.15, 0.2) is 0 Å². The third-order valence-electron chi connectivity index (χ3n) is 4.90. The van der Waals surface area contributed by atoms with Crippen LogP contribution in [-0.4, -0.2) is 54.8 Å². The molecule has 1 aliphatic rings. The molecule has 1 aromatic heterocycles. The van der Waals surface area contributed by atoms with Crippen molar-refractivity contribution in [2.45, 2.75) is 42.7 Å². The number of hydrogen-bond donors (Lipinski definition) is 4. The summed E-state index contributed by atoms with van der Waals surface area (Å²) >= 11 is 0. The molecule has 0 bridgehead atoms. The van der Waals surface area contributed by atoms with Crippen LogP contribution in [0.25, 0.3) is 0 Å². The number of oxime groups is 1. The number of aromatic nitrogens is 1. The Bertz CT molecular complexity index is 1120. The first-order chi connectivity index (χ1) is 15.7. The van der Waals surface area contributed by atoms with E-state index in [-0.39, 0.29) is 23.1 Å². The summed E-state index contributed by atoms with van der Waals surface area (Å²) in [6.07, 6.45) is 2.09. The monoisotopic (exact) mass is 475 g/mol. The van der Waals surface area contributed by atoms with E-state index in [4.69, 9.17) is 10.6 Å². The van der Waals surface area contributed by atoms with Gasteiger partial charge >= 0.3 is 5.97 Å². The van der Waals surface area contributed by atoms with Gasteiger partial charge < -0.3 is 21.0 Å². The van der Waals surface area contributed by atoms with E-state index < -0.39 is 34.5 Å². The van der Waals surface area contributed by atoms with Crippen LogP contribution in [0.15, 0.2) is 58.6 Å². The van der Waals surface area contributed by atoms with Crippen LogP contribution in [0, 0.1) is 0 Å². The van der Waals surface area contributed by atoms with Crippen molar-refractivity contribution in [3.8, 4) is 0 Å². The minimum Gasteiger partial charge on any atom is -0.480 e. The molecule has 3 rings (SSSR count). The molecule has 2 atom stereocenters. The standard InChI is InChI=1S/C21H25N5O6S/c22-19-11-5-7-14(24-19)6-4-8-15-12-17(25-32-15)20(27)23-13-18(21(28)29)26-33(30,31)16-9-2-1-3-10-16/h1-3,5,7,9-11,15,18,26H,4,6,8,12-13H2,(H2,22,24)(H,23,27)(H,28,29). The molecule has 1 aromatic carbocycles. The van der Waals surface area contributed by atoms with E-state index in [1.807, 2.05) is 12.1 Å². The summed E-state index contributed by atoms with van der Waals surface area (Å²) in [5.74, 6) is -1.58. The molecule has 1 aliphatic heterocycles. The number of aliphatic carboxylic acids is 1. The number of nitrogens with one attached hydrogen (secondary N) is 2. The van der Waals surface area contributed by atoms with Crippen molar-refractivity contribution in [2.75, 3.05) is 12.3 Å². The summed E-state index contributed by atoms with van der Waals surface area (Å²) in [5, 5.41) is 15.6. The van der Waals surface area contributed by atoms with Gasteiger partial charge in [0.25, 0.3) is 5.91 Å². The molecule has 11 nitrogen and oxygen atoms in total. The minimum atomic E-state index is -4.07. The molecular weight excluding hydrogens is 450 g/mol. The van der Waals surface area contributed by atoms with Gasteiger partial charge in [-0.1, -0.05) is 29.4 Å². The van der Waals surface area contributed by atoms with Crippen molar-refractivity contribution in [3.05, 3.63) is 54.2 Å². The van der Waals surface area contributed by atoms with Crippen molar-refractivity contribution >= 4 is 33.4 Å². The largest absolute Gasteiger partial charge is 0.480 e. The number of nitrogen functional groups attached to an aromatic ring is 1. The first-order valence-corrected chi connectivity index (χ1v) is 11.8.